The Morgan fingerprint density at radius 1 is 1.50 bits per heavy atom. The van der Waals surface area contributed by atoms with Crippen LogP contribution >= 0.6 is 0 Å². The summed E-state index contributed by atoms with van der Waals surface area (Å²) in [6, 6.07) is 0. The van der Waals surface area contributed by atoms with Crippen LogP contribution in [0.4, 0.5) is 0 Å². The van der Waals surface area contributed by atoms with E-state index in [9.17, 15) is 0 Å². The average molecular weight is 136 g/mol. The molecule has 0 aliphatic heterocycles. The Labute approximate surface area is 63.6 Å². The van der Waals surface area contributed by atoms with Crippen molar-refractivity contribution < 1.29 is 0 Å². The average Bonchev–Trinajstić information content (AvgIpc) is 1.84. The van der Waals surface area contributed by atoms with E-state index < -0.39 is 0 Å². The van der Waals surface area contributed by atoms with Crippen LogP contribution in [0.25, 0.3) is 0 Å². The van der Waals surface area contributed by atoms with Gasteiger partial charge in [-0.15, -0.1) is 0 Å². The van der Waals surface area contributed by atoms with Crippen LogP contribution in [-0.4, -0.2) is 0 Å². The summed E-state index contributed by atoms with van der Waals surface area (Å²) in [4.78, 5) is 0. The smallest absolute Gasteiger partial charge is 0.0110 e. The minimum absolute atomic E-state index is 0.667. The molecule has 0 aromatic carbocycles. The first-order valence-electron chi connectivity index (χ1n) is 3.96. The van der Waals surface area contributed by atoms with E-state index in [1.54, 1.807) is 0 Å². The van der Waals surface area contributed by atoms with Gasteiger partial charge in [0, 0.05) is 0 Å². The maximum atomic E-state index is 3.96. The Morgan fingerprint density at radius 3 is 2.20 bits per heavy atom. The first-order valence-corrected chi connectivity index (χ1v) is 3.96. The Kier molecular flexibility index (Phi) is 1.98. The van der Waals surface area contributed by atoms with E-state index >= 15 is 0 Å². The third kappa shape index (κ3) is 1.16. The second kappa shape index (κ2) is 2.61. The van der Waals surface area contributed by atoms with Crippen molar-refractivity contribution in [2.45, 2.75) is 20.8 Å². The molecule has 1 rings (SSSR count). The second-order valence-electron chi connectivity index (χ2n) is 3.46. The van der Waals surface area contributed by atoms with Gasteiger partial charge in [-0.1, -0.05) is 38.2 Å². The molecule has 0 aromatic heterocycles. The van der Waals surface area contributed by atoms with E-state index in [-0.39, 0.29) is 0 Å². The minimum atomic E-state index is 0.667. The van der Waals surface area contributed by atoms with E-state index in [1.165, 1.54) is 5.57 Å². The standard InChI is InChI=1S/C10H16/c1-7(2)9(4)10-6-5-8(10)3/h5-6,8-10H,1H2,2-4H3. The van der Waals surface area contributed by atoms with Crippen molar-refractivity contribution in [3.8, 4) is 0 Å². The molecule has 0 N–H and O–H groups in total. The quantitative estimate of drug-likeness (QED) is 0.512. The van der Waals surface area contributed by atoms with Gasteiger partial charge in [0.25, 0.3) is 0 Å². The highest BCUT2D eigenvalue weighted by molar-refractivity contribution is 5.14. The highest BCUT2D eigenvalue weighted by Gasteiger charge is 2.25. The Hall–Kier alpha value is -0.520. The largest absolute Gasteiger partial charge is 0.0998 e. The minimum Gasteiger partial charge on any atom is -0.0998 e. The Balaban J connectivity index is 2.51. The van der Waals surface area contributed by atoms with E-state index in [4.69, 9.17) is 0 Å². The first-order chi connectivity index (χ1) is 4.63. The summed E-state index contributed by atoms with van der Waals surface area (Å²) in [7, 11) is 0. The van der Waals surface area contributed by atoms with Crippen molar-refractivity contribution in [3.63, 3.8) is 0 Å². The van der Waals surface area contributed by atoms with Gasteiger partial charge in [0.2, 0.25) is 0 Å². The van der Waals surface area contributed by atoms with Crippen molar-refractivity contribution in [2.75, 3.05) is 0 Å². The van der Waals surface area contributed by atoms with Gasteiger partial charge >= 0.3 is 0 Å². The molecule has 0 heterocycles. The van der Waals surface area contributed by atoms with Gasteiger partial charge in [-0.2, -0.15) is 0 Å². The molecule has 0 amide bonds. The lowest BCUT2D eigenvalue weighted by Crippen LogP contribution is -2.23. The molecule has 0 aromatic rings. The zero-order valence-corrected chi connectivity index (χ0v) is 7.09. The third-order valence-electron chi connectivity index (χ3n) is 2.60. The van der Waals surface area contributed by atoms with Gasteiger partial charge in [0.05, 0.1) is 0 Å². The fourth-order valence-corrected chi connectivity index (χ4v) is 1.41. The lowest BCUT2D eigenvalue weighted by Gasteiger charge is -2.31. The van der Waals surface area contributed by atoms with Crippen LogP contribution in [0.2, 0.25) is 0 Å². The van der Waals surface area contributed by atoms with Gasteiger partial charge < -0.3 is 0 Å². The van der Waals surface area contributed by atoms with Crippen LogP contribution in [0.15, 0.2) is 24.3 Å². The van der Waals surface area contributed by atoms with Crippen LogP contribution in [-0.2, 0) is 0 Å². The summed E-state index contributed by atoms with van der Waals surface area (Å²) >= 11 is 0. The molecule has 0 heteroatoms. The maximum Gasteiger partial charge on any atom is -0.0110 e. The van der Waals surface area contributed by atoms with Crippen LogP contribution in [0.1, 0.15) is 20.8 Å². The second-order valence-corrected chi connectivity index (χ2v) is 3.46. The predicted molar refractivity (Wildman–Crippen MR) is 45.8 cm³/mol. The fourth-order valence-electron chi connectivity index (χ4n) is 1.41. The number of hydrogen-bond donors (Lipinski definition) is 0. The van der Waals surface area contributed by atoms with E-state index in [2.05, 4.69) is 39.5 Å². The number of allylic oxidation sites excluding steroid dienone is 3. The molecule has 3 atom stereocenters. The fraction of sp³-hybridized carbons (Fsp3) is 0.600. The molecular weight excluding hydrogens is 120 g/mol. The molecule has 3 unspecified atom stereocenters. The van der Waals surface area contributed by atoms with Crippen molar-refractivity contribution >= 4 is 0 Å². The van der Waals surface area contributed by atoms with E-state index in [1.807, 2.05) is 0 Å². The van der Waals surface area contributed by atoms with Crippen LogP contribution in [0.5, 0.6) is 0 Å². The Bertz CT molecular complexity index is 165. The highest BCUT2D eigenvalue weighted by Crippen LogP contribution is 2.34. The van der Waals surface area contributed by atoms with Crippen molar-refractivity contribution in [2.24, 2.45) is 17.8 Å². The molecule has 10 heavy (non-hydrogen) atoms. The lowest BCUT2D eigenvalue weighted by molar-refractivity contribution is 0.363. The van der Waals surface area contributed by atoms with E-state index in [0.717, 1.165) is 11.8 Å². The van der Waals surface area contributed by atoms with Gasteiger partial charge in [0.1, 0.15) is 0 Å². The summed E-state index contributed by atoms with van der Waals surface area (Å²) in [6.07, 6.45) is 4.56. The molecular formula is C10H16. The zero-order valence-electron chi connectivity index (χ0n) is 7.09. The molecule has 0 saturated carbocycles. The third-order valence-corrected chi connectivity index (χ3v) is 2.60. The van der Waals surface area contributed by atoms with Gasteiger partial charge in [0.15, 0.2) is 0 Å². The SMILES string of the molecule is C=C(C)C(C)C1C=CC1C. The summed E-state index contributed by atoms with van der Waals surface area (Å²) in [5, 5.41) is 0. The normalized spacial score (nSPS) is 33.1. The van der Waals surface area contributed by atoms with Gasteiger partial charge in [-0.25, -0.2) is 0 Å². The molecule has 0 bridgehead atoms. The molecule has 1 aliphatic rings. The molecule has 0 saturated heterocycles. The molecule has 1 aliphatic carbocycles. The maximum absolute atomic E-state index is 3.96. The number of hydrogen-bond acceptors (Lipinski definition) is 0. The number of rotatable bonds is 2. The lowest BCUT2D eigenvalue weighted by atomic mass is 9.73. The van der Waals surface area contributed by atoms with Gasteiger partial charge in [-0.05, 0) is 24.7 Å². The van der Waals surface area contributed by atoms with Crippen LogP contribution in [0, 0.1) is 17.8 Å². The highest BCUT2D eigenvalue weighted by atomic mass is 14.3. The molecule has 0 nitrogen and oxygen atoms in total. The zero-order chi connectivity index (χ0) is 7.72. The first kappa shape index (κ1) is 7.59. The molecule has 0 spiro atoms. The summed E-state index contributed by atoms with van der Waals surface area (Å²) in [5.41, 5.74) is 1.31. The Morgan fingerprint density at radius 2 is 2.10 bits per heavy atom. The van der Waals surface area contributed by atoms with Crippen LogP contribution < -0.4 is 0 Å². The van der Waals surface area contributed by atoms with Crippen molar-refractivity contribution in [3.05, 3.63) is 24.3 Å². The van der Waals surface area contributed by atoms with Crippen LogP contribution in [0.3, 0.4) is 0 Å². The topological polar surface area (TPSA) is 0 Å². The van der Waals surface area contributed by atoms with E-state index in [0.29, 0.717) is 5.92 Å². The molecule has 0 fully saturated rings. The predicted octanol–water partition coefficient (Wildman–Crippen LogP) is 3.02. The molecule has 0 radical (unpaired) electrons. The monoisotopic (exact) mass is 136 g/mol. The van der Waals surface area contributed by atoms with Crippen molar-refractivity contribution in [1.82, 2.24) is 0 Å². The summed E-state index contributed by atoms with van der Waals surface area (Å²) in [5.74, 6) is 2.20. The molecule has 56 valence electrons. The van der Waals surface area contributed by atoms with Gasteiger partial charge in [-0.3, -0.25) is 0 Å². The van der Waals surface area contributed by atoms with Crippen molar-refractivity contribution in [1.29, 1.82) is 0 Å². The summed E-state index contributed by atoms with van der Waals surface area (Å²) in [6.45, 7) is 10.6. The summed E-state index contributed by atoms with van der Waals surface area (Å²) < 4.78 is 0.